The molecule has 0 unspecified atom stereocenters. The summed E-state index contributed by atoms with van der Waals surface area (Å²) in [6.07, 6.45) is 2.57. The van der Waals surface area contributed by atoms with E-state index in [2.05, 4.69) is 15.7 Å². The molecular formula is C10H9N3O. The zero-order valence-electron chi connectivity index (χ0n) is 7.53. The number of hydrogen-bond donors (Lipinski definition) is 1. The minimum atomic E-state index is 0.627. The predicted octanol–water partition coefficient (Wildman–Crippen LogP) is 1.53. The average Bonchev–Trinajstić information content (AvgIpc) is 2.44. The van der Waals surface area contributed by atoms with Crippen LogP contribution in [-0.4, -0.2) is 16.8 Å². The summed E-state index contributed by atoms with van der Waals surface area (Å²) in [5.41, 5.74) is 4.90. The second-order valence-corrected chi connectivity index (χ2v) is 3.26. The standard InChI is InChI=1S/C10H9N3O/c1-2-7-6-11-12-8-4-5-14-13-9(3-1)10(7)8/h1-3,6,13H,4-5H2. The molecule has 70 valence electrons. The summed E-state index contributed by atoms with van der Waals surface area (Å²) in [5.74, 6) is 0. The van der Waals surface area contributed by atoms with Crippen molar-refractivity contribution in [2.75, 3.05) is 12.1 Å². The second-order valence-electron chi connectivity index (χ2n) is 3.26. The molecule has 1 aromatic carbocycles. The number of anilines is 1. The molecule has 1 aliphatic rings. The van der Waals surface area contributed by atoms with E-state index < -0.39 is 0 Å². The number of nitrogens with one attached hydrogen (secondary N) is 1. The summed E-state index contributed by atoms with van der Waals surface area (Å²) >= 11 is 0. The van der Waals surface area contributed by atoms with E-state index in [9.17, 15) is 0 Å². The van der Waals surface area contributed by atoms with Gasteiger partial charge < -0.3 is 0 Å². The van der Waals surface area contributed by atoms with Crippen molar-refractivity contribution in [3.8, 4) is 0 Å². The SMILES string of the molecule is c1cc2c3c(nncc3c1)CCON2. The summed E-state index contributed by atoms with van der Waals surface area (Å²) < 4.78 is 0. The van der Waals surface area contributed by atoms with E-state index in [0.29, 0.717) is 6.61 Å². The Hall–Kier alpha value is -1.68. The summed E-state index contributed by atoms with van der Waals surface area (Å²) in [6, 6.07) is 5.99. The van der Waals surface area contributed by atoms with E-state index in [-0.39, 0.29) is 0 Å². The molecule has 0 aliphatic carbocycles. The highest BCUT2D eigenvalue weighted by Gasteiger charge is 2.11. The van der Waals surface area contributed by atoms with Crippen LogP contribution in [-0.2, 0) is 11.3 Å². The second kappa shape index (κ2) is 2.92. The highest BCUT2D eigenvalue weighted by Crippen LogP contribution is 2.27. The van der Waals surface area contributed by atoms with Gasteiger partial charge >= 0.3 is 0 Å². The van der Waals surface area contributed by atoms with Crippen molar-refractivity contribution in [2.45, 2.75) is 6.42 Å². The lowest BCUT2D eigenvalue weighted by Crippen LogP contribution is -2.01. The van der Waals surface area contributed by atoms with Crippen LogP contribution >= 0.6 is 0 Å². The van der Waals surface area contributed by atoms with Crippen LogP contribution in [0.1, 0.15) is 5.69 Å². The number of aromatic nitrogens is 2. The van der Waals surface area contributed by atoms with Crippen molar-refractivity contribution in [2.24, 2.45) is 0 Å². The van der Waals surface area contributed by atoms with Crippen molar-refractivity contribution >= 4 is 16.5 Å². The maximum atomic E-state index is 5.25. The monoisotopic (exact) mass is 187 g/mol. The van der Waals surface area contributed by atoms with E-state index in [1.807, 2.05) is 18.2 Å². The fourth-order valence-corrected chi connectivity index (χ4v) is 1.75. The molecule has 4 nitrogen and oxygen atoms in total. The zero-order valence-corrected chi connectivity index (χ0v) is 7.53. The first-order valence-corrected chi connectivity index (χ1v) is 4.56. The average molecular weight is 187 g/mol. The minimum Gasteiger partial charge on any atom is -0.276 e. The first-order valence-electron chi connectivity index (χ1n) is 4.56. The van der Waals surface area contributed by atoms with Crippen LogP contribution in [0.3, 0.4) is 0 Å². The van der Waals surface area contributed by atoms with Crippen molar-refractivity contribution in [1.82, 2.24) is 10.2 Å². The first kappa shape index (κ1) is 7.70. The van der Waals surface area contributed by atoms with Crippen molar-refractivity contribution in [3.63, 3.8) is 0 Å². The molecule has 0 radical (unpaired) electrons. The third-order valence-corrected chi connectivity index (χ3v) is 2.38. The van der Waals surface area contributed by atoms with Gasteiger partial charge in [-0.2, -0.15) is 10.2 Å². The molecular weight excluding hydrogens is 178 g/mol. The Morgan fingerprint density at radius 3 is 3.36 bits per heavy atom. The van der Waals surface area contributed by atoms with Crippen molar-refractivity contribution < 1.29 is 4.84 Å². The van der Waals surface area contributed by atoms with Crippen LogP contribution in [0.2, 0.25) is 0 Å². The third-order valence-electron chi connectivity index (χ3n) is 2.38. The minimum absolute atomic E-state index is 0.627. The van der Waals surface area contributed by atoms with Gasteiger partial charge in [0.15, 0.2) is 0 Å². The molecule has 1 N–H and O–H groups in total. The highest BCUT2D eigenvalue weighted by atomic mass is 16.6. The van der Waals surface area contributed by atoms with Gasteiger partial charge in [-0.05, 0) is 6.07 Å². The quantitative estimate of drug-likeness (QED) is 0.679. The van der Waals surface area contributed by atoms with Gasteiger partial charge in [0, 0.05) is 17.2 Å². The largest absolute Gasteiger partial charge is 0.276 e. The Morgan fingerprint density at radius 2 is 2.36 bits per heavy atom. The molecule has 1 aromatic heterocycles. The van der Waals surface area contributed by atoms with E-state index in [0.717, 1.165) is 28.6 Å². The van der Waals surface area contributed by atoms with Crippen LogP contribution in [0.15, 0.2) is 24.4 Å². The molecule has 3 rings (SSSR count). The molecule has 0 saturated heterocycles. The number of hydrogen-bond acceptors (Lipinski definition) is 4. The van der Waals surface area contributed by atoms with Gasteiger partial charge in [-0.15, -0.1) is 0 Å². The maximum absolute atomic E-state index is 5.25. The topological polar surface area (TPSA) is 47.0 Å². The van der Waals surface area contributed by atoms with Crippen LogP contribution in [0, 0.1) is 0 Å². The summed E-state index contributed by atoms with van der Waals surface area (Å²) in [5, 5.41) is 10.3. The van der Waals surface area contributed by atoms with Gasteiger partial charge in [0.2, 0.25) is 0 Å². The molecule has 14 heavy (non-hydrogen) atoms. The Kier molecular flexibility index (Phi) is 1.61. The van der Waals surface area contributed by atoms with Gasteiger partial charge in [0.25, 0.3) is 0 Å². The first-order chi connectivity index (χ1) is 6.95. The number of nitrogens with zero attached hydrogens (tertiary/aromatic N) is 2. The molecule has 2 heterocycles. The maximum Gasteiger partial charge on any atom is 0.0802 e. The van der Waals surface area contributed by atoms with E-state index in [1.165, 1.54) is 0 Å². The Bertz CT molecular complexity index is 443. The molecule has 0 atom stereocenters. The lowest BCUT2D eigenvalue weighted by Gasteiger charge is -2.05. The summed E-state index contributed by atoms with van der Waals surface area (Å²) in [6.45, 7) is 0.627. The van der Waals surface area contributed by atoms with E-state index in [4.69, 9.17) is 4.84 Å². The summed E-state index contributed by atoms with van der Waals surface area (Å²) in [4.78, 5) is 5.25. The molecule has 0 bridgehead atoms. The Labute approximate surface area is 80.9 Å². The van der Waals surface area contributed by atoms with Crippen LogP contribution in [0.4, 0.5) is 5.69 Å². The van der Waals surface area contributed by atoms with Gasteiger partial charge in [-0.1, -0.05) is 12.1 Å². The van der Waals surface area contributed by atoms with Crippen molar-refractivity contribution in [3.05, 3.63) is 30.1 Å². The number of rotatable bonds is 0. The summed E-state index contributed by atoms with van der Waals surface area (Å²) in [7, 11) is 0. The van der Waals surface area contributed by atoms with Crippen LogP contribution in [0.5, 0.6) is 0 Å². The fourth-order valence-electron chi connectivity index (χ4n) is 1.75. The lowest BCUT2D eigenvalue weighted by atomic mass is 10.1. The van der Waals surface area contributed by atoms with Gasteiger partial charge in [0.1, 0.15) is 0 Å². The van der Waals surface area contributed by atoms with Gasteiger partial charge in [-0.3, -0.25) is 10.3 Å². The fraction of sp³-hybridized carbons (Fsp3) is 0.200. The third kappa shape index (κ3) is 1.04. The predicted molar refractivity (Wildman–Crippen MR) is 52.8 cm³/mol. The molecule has 0 spiro atoms. The van der Waals surface area contributed by atoms with Crippen LogP contribution in [0.25, 0.3) is 10.8 Å². The Morgan fingerprint density at radius 1 is 1.36 bits per heavy atom. The van der Waals surface area contributed by atoms with Gasteiger partial charge in [-0.25, -0.2) is 0 Å². The van der Waals surface area contributed by atoms with E-state index in [1.54, 1.807) is 6.20 Å². The molecule has 1 aliphatic heterocycles. The zero-order chi connectivity index (χ0) is 9.38. The Balaban J connectivity index is 2.41. The molecule has 0 saturated carbocycles. The van der Waals surface area contributed by atoms with Crippen molar-refractivity contribution in [1.29, 1.82) is 0 Å². The normalized spacial score (nSPS) is 14.9. The number of benzene rings is 1. The van der Waals surface area contributed by atoms with Gasteiger partial charge in [0.05, 0.1) is 24.2 Å². The molecule has 2 aromatic rings. The highest BCUT2D eigenvalue weighted by molar-refractivity contribution is 5.94. The molecule has 0 amide bonds. The molecule has 4 heteroatoms. The van der Waals surface area contributed by atoms with Crippen LogP contribution < -0.4 is 5.48 Å². The van der Waals surface area contributed by atoms with E-state index >= 15 is 0 Å². The molecule has 0 fully saturated rings. The lowest BCUT2D eigenvalue weighted by molar-refractivity contribution is 0.199. The smallest absolute Gasteiger partial charge is 0.0802 e.